The van der Waals surface area contributed by atoms with Gasteiger partial charge in [-0.25, -0.2) is 14.8 Å². The molecule has 2 aromatic heterocycles. The topological polar surface area (TPSA) is 78.4 Å². The van der Waals surface area contributed by atoms with Gasteiger partial charge in [-0.15, -0.1) is 0 Å². The Morgan fingerprint density at radius 1 is 0.722 bits per heavy atom. The quantitative estimate of drug-likeness (QED) is 0.194. The third-order valence-electron chi connectivity index (χ3n) is 5.91. The molecule has 6 rings (SSSR count). The van der Waals surface area contributed by atoms with Crippen LogP contribution in [0.5, 0.6) is 0 Å². The molecule has 0 N–H and O–H groups in total. The van der Waals surface area contributed by atoms with Crippen LogP contribution in [-0.4, -0.2) is 23.0 Å². The Kier molecular flexibility index (Phi) is 5.39. The van der Waals surface area contributed by atoms with Crippen molar-refractivity contribution in [3.63, 3.8) is 0 Å². The molecule has 2 heterocycles. The number of fused-ring (bicyclic) bond motifs is 2. The first-order valence-corrected chi connectivity index (χ1v) is 11.4. The minimum absolute atomic E-state index is 0.427. The maximum Gasteiger partial charge on any atom is 0.338 e. The number of nitrogens with zero attached hydrogens (tertiary/aromatic N) is 2. The van der Waals surface area contributed by atoms with Gasteiger partial charge in [-0.3, -0.25) is 0 Å². The highest BCUT2D eigenvalue weighted by molar-refractivity contribution is 5.96. The average molecular weight is 473 g/mol. The Labute approximate surface area is 206 Å². The van der Waals surface area contributed by atoms with Crippen LogP contribution in [0.2, 0.25) is 0 Å². The van der Waals surface area contributed by atoms with Crippen molar-refractivity contribution >= 4 is 40.3 Å². The summed E-state index contributed by atoms with van der Waals surface area (Å²) in [6.07, 6.45) is 3.83. The first-order valence-electron chi connectivity index (χ1n) is 11.4. The number of aromatic nitrogens is 2. The molecular formula is C30H20N2O4. The highest BCUT2D eigenvalue weighted by Gasteiger charge is 2.15. The molecule has 0 saturated heterocycles. The van der Waals surface area contributed by atoms with Crippen molar-refractivity contribution in [1.29, 1.82) is 0 Å². The number of benzene rings is 4. The molecule has 0 amide bonds. The van der Waals surface area contributed by atoms with Crippen LogP contribution in [0, 0.1) is 0 Å². The standard InChI is InChI=1S/C30H20N2O4/c1-34-30(33)23-18-22(29-32-25-7-3-5-9-27(25)36-29)17-16-20(23)13-10-19-11-14-21(15-12-19)28-31-24-6-2-4-8-26(24)35-28/h2-18H,1H3. The molecule has 0 aliphatic heterocycles. The average Bonchev–Trinajstić information content (AvgIpc) is 3.56. The van der Waals surface area contributed by atoms with Crippen LogP contribution in [-0.2, 0) is 4.74 Å². The van der Waals surface area contributed by atoms with E-state index in [1.807, 2.05) is 97.1 Å². The molecule has 0 unspecified atom stereocenters. The third-order valence-corrected chi connectivity index (χ3v) is 5.91. The number of hydrogen-bond donors (Lipinski definition) is 0. The lowest BCUT2D eigenvalue weighted by Crippen LogP contribution is -2.04. The van der Waals surface area contributed by atoms with Gasteiger partial charge in [-0.2, -0.15) is 0 Å². The number of para-hydroxylation sites is 4. The van der Waals surface area contributed by atoms with Gasteiger partial charge >= 0.3 is 5.97 Å². The Bertz CT molecular complexity index is 1680. The van der Waals surface area contributed by atoms with E-state index in [9.17, 15) is 4.79 Å². The molecule has 0 bridgehead atoms. The number of ether oxygens (including phenoxy) is 1. The van der Waals surface area contributed by atoms with Crippen LogP contribution >= 0.6 is 0 Å². The van der Waals surface area contributed by atoms with E-state index in [0.29, 0.717) is 28.5 Å². The van der Waals surface area contributed by atoms with Gasteiger partial charge in [-0.05, 0) is 59.7 Å². The number of methoxy groups -OCH3 is 1. The highest BCUT2D eigenvalue weighted by atomic mass is 16.5. The van der Waals surface area contributed by atoms with Gasteiger partial charge in [0.05, 0.1) is 12.7 Å². The molecule has 0 radical (unpaired) electrons. The predicted octanol–water partition coefficient (Wildman–Crippen LogP) is 7.26. The van der Waals surface area contributed by atoms with Crippen molar-refractivity contribution in [2.75, 3.05) is 7.11 Å². The van der Waals surface area contributed by atoms with Crippen LogP contribution in [0.1, 0.15) is 21.5 Å². The zero-order valence-electron chi connectivity index (χ0n) is 19.3. The molecule has 0 aliphatic carbocycles. The fourth-order valence-electron chi connectivity index (χ4n) is 4.04. The summed E-state index contributed by atoms with van der Waals surface area (Å²) in [5, 5.41) is 0. The molecule has 6 heteroatoms. The van der Waals surface area contributed by atoms with E-state index in [2.05, 4.69) is 9.97 Å². The van der Waals surface area contributed by atoms with Crippen molar-refractivity contribution in [2.45, 2.75) is 0 Å². The van der Waals surface area contributed by atoms with Crippen LogP contribution < -0.4 is 0 Å². The largest absolute Gasteiger partial charge is 0.465 e. The molecule has 36 heavy (non-hydrogen) atoms. The second kappa shape index (κ2) is 9.00. The Morgan fingerprint density at radius 3 is 1.92 bits per heavy atom. The number of carbonyl (C=O) groups is 1. The summed E-state index contributed by atoms with van der Waals surface area (Å²) in [5.74, 6) is 0.597. The zero-order valence-corrected chi connectivity index (χ0v) is 19.3. The van der Waals surface area contributed by atoms with Gasteiger partial charge in [0, 0.05) is 11.1 Å². The predicted molar refractivity (Wildman–Crippen MR) is 139 cm³/mol. The van der Waals surface area contributed by atoms with Gasteiger partial charge in [0.15, 0.2) is 11.2 Å². The summed E-state index contributed by atoms with van der Waals surface area (Å²) < 4.78 is 16.7. The van der Waals surface area contributed by atoms with E-state index in [1.54, 1.807) is 6.07 Å². The monoisotopic (exact) mass is 472 g/mol. The minimum atomic E-state index is -0.432. The first kappa shape index (κ1) is 21.6. The van der Waals surface area contributed by atoms with Gasteiger partial charge in [-0.1, -0.05) is 54.6 Å². The summed E-state index contributed by atoms with van der Waals surface area (Å²) in [4.78, 5) is 21.6. The number of esters is 1. The molecule has 0 spiro atoms. The number of hydrogen-bond acceptors (Lipinski definition) is 6. The molecule has 6 aromatic rings. The lowest BCUT2D eigenvalue weighted by atomic mass is 10.0. The molecular weight excluding hydrogens is 452 g/mol. The van der Waals surface area contributed by atoms with E-state index in [4.69, 9.17) is 13.6 Å². The second-order valence-electron chi connectivity index (χ2n) is 8.22. The summed E-state index contributed by atoms with van der Waals surface area (Å²) in [6.45, 7) is 0. The van der Waals surface area contributed by atoms with E-state index >= 15 is 0 Å². The van der Waals surface area contributed by atoms with Crippen molar-refractivity contribution in [2.24, 2.45) is 0 Å². The summed E-state index contributed by atoms with van der Waals surface area (Å²) in [6, 6.07) is 28.6. The van der Waals surface area contributed by atoms with Gasteiger partial charge in [0.25, 0.3) is 0 Å². The number of oxazole rings is 2. The molecule has 0 atom stereocenters. The van der Waals surface area contributed by atoms with Gasteiger partial charge < -0.3 is 13.6 Å². The molecule has 0 saturated carbocycles. The van der Waals surface area contributed by atoms with Gasteiger partial charge in [0.1, 0.15) is 11.0 Å². The Morgan fingerprint density at radius 2 is 1.31 bits per heavy atom. The van der Waals surface area contributed by atoms with E-state index < -0.39 is 5.97 Å². The fourth-order valence-corrected chi connectivity index (χ4v) is 4.04. The van der Waals surface area contributed by atoms with Gasteiger partial charge in [0.2, 0.25) is 11.8 Å². The molecule has 0 fully saturated rings. The smallest absolute Gasteiger partial charge is 0.338 e. The third kappa shape index (κ3) is 4.05. The molecule has 0 aliphatic rings. The van der Waals surface area contributed by atoms with E-state index in [1.165, 1.54) is 7.11 Å². The van der Waals surface area contributed by atoms with Crippen molar-refractivity contribution in [3.05, 3.63) is 108 Å². The Balaban J connectivity index is 1.28. The van der Waals surface area contributed by atoms with Crippen molar-refractivity contribution in [3.8, 4) is 22.9 Å². The fraction of sp³-hybridized carbons (Fsp3) is 0.0333. The number of carbonyl (C=O) groups excluding carboxylic acids is 1. The lowest BCUT2D eigenvalue weighted by Gasteiger charge is -2.06. The van der Waals surface area contributed by atoms with Crippen LogP contribution in [0.15, 0.2) is 99.8 Å². The lowest BCUT2D eigenvalue weighted by molar-refractivity contribution is 0.0600. The number of rotatable bonds is 5. The molecule has 4 aromatic carbocycles. The highest BCUT2D eigenvalue weighted by Crippen LogP contribution is 2.28. The van der Waals surface area contributed by atoms with Crippen LogP contribution in [0.25, 0.3) is 57.3 Å². The summed E-state index contributed by atoms with van der Waals surface area (Å²) >= 11 is 0. The maximum absolute atomic E-state index is 12.6. The maximum atomic E-state index is 12.6. The van der Waals surface area contributed by atoms with Crippen molar-refractivity contribution in [1.82, 2.24) is 9.97 Å². The van der Waals surface area contributed by atoms with E-state index in [0.717, 1.165) is 33.3 Å². The normalized spacial score (nSPS) is 11.5. The van der Waals surface area contributed by atoms with Crippen LogP contribution in [0.4, 0.5) is 0 Å². The van der Waals surface area contributed by atoms with E-state index in [-0.39, 0.29) is 0 Å². The molecule has 174 valence electrons. The summed E-state index contributed by atoms with van der Waals surface area (Å²) in [5.41, 5.74) is 6.75. The minimum Gasteiger partial charge on any atom is -0.465 e. The summed E-state index contributed by atoms with van der Waals surface area (Å²) in [7, 11) is 1.37. The zero-order chi connectivity index (χ0) is 24.5. The molecule has 6 nitrogen and oxygen atoms in total. The van der Waals surface area contributed by atoms with Crippen LogP contribution in [0.3, 0.4) is 0 Å². The first-order chi connectivity index (χ1) is 17.7. The second-order valence-corrected chi connectivity index (χ2v) is 8.22. The SMILES string of the molecule is COC(=O)c1cc(-c2nc3ccccc3o2)ccc1C=Cc1ccc(-c2nc3ccccc3o2)cc1. The Hall–Kier alpha value is -4.97. The van der Waals surface area contributed by atoms with Crippen molar-refractivity contribution < 1.29 is 18.4 Å².